The lowest BCUT2D eigenvalue weighted by molar-refractivity contribution is -0.141. The number of rotatable bonds is 9. The van der Waals surface area contributed by atoms with Crippen molar-refractivity contribution in [1.82, 2.24) is 4.90 Å². The molecule has 1 atom stereocenters. The highest BCUT2D eigenvalue weighted by molar-refractivity contribution is 8.00. The number of ether oxygens (including phenoxy) is 1. The van der Waals surface area contributed by atoms with Gasteiger partial charge in [0.25, 0.3) is 0 Å². The van der Waals surface area contributed by atoms with Crippen LogP contribution < -0.4 is 5.73 Å². The molecule has 0 bridgehead atoms. The zero-order valence-electron chi connectivity index (χ0n) is 11.4. The largest absolute Gasteiger partial charge is 0.468 e. The number of carbonyl (C=O) groups excluding carboxylic acids is 2. The first kappa shape index (κ1) is 18.2. The van der Waals surface area contributed by atoms with Gasteiger partial charge >= 0.3 is 5.97 Å². The lowest BCUT2D eigenvalue weighted by Gasteiger charge is -2.20. The zero-order chi connectivity index (χ0) is 15.4. The molecule has 0 saturated heterocycles. The maximum Gasteiger partial charge on any atom is 0.323 e. The molecule has 0 fully saturated rings. The molecule has 0 saturated carbocycles. The summed E-state index contributed by atoms with van der Waals surface area (Å²) >= 11 is 1.23. The van der Waals surface area contributed by atoms with Crippen LogP contribution in [0.4, 0.5) is 0 Å². The first-order chi connectivity index (χ1) is 9.56. The second kappa shape index (κ2) is 11.1. The first-order valence-electron chi connectivity index (χ1n) is 5.99. The summed E-state index contributed by atoms with van der Waals surface area (Å²) in [6.45, 7) is 0.612. The van der Waals surface area contributed by atoms with E-state index in [2.05, 4.69) is 4.74 Å². The van der Waals surface area contributed by atoms with Crippen LogP contribution in [0.5, 0.6) is 0 Å². The SMILES string of the molecule is COC(=O)C(N)CSCC(=O)N(CCC#N)CCC#N. The van der Waals surface area contributed by atoms with Crippen LogP contribution in [0.3, 0.4) is 0 Å². The van der Waals surface area contributed by atoms with Crippen LogP contribution in [-0.4, -0.2) is 54.5 Å². The minimum atomic E-state index is -0.760. The quantitative estimate of drug-likeness (QED) is 0.589. The molecule has 110 valence electrons. The first-order valence-corrected chi connectivity index (χ1v) is 7.15. The Balaban J connectivity index is 4.15. The lowest BCUT2D eigenvalue weighted by atomic mass is 10.3. The number of hydrogen-bond acceptors (Lipinski definition) is 7. The molecule has 0 heterocycles. The van der Waals surface area contributed by atoms with Crippen LogP contribution in [0.1, 0.15) is 12.8 Å². The summed E-state index contributed by atoms with van der Waals surface area (Å²) in [4.78, 5) is 24.5. The summed E-state index contributed by atoms with van der Waals surface area (Å²) in [7, 11) is 1.25. The highest BCUT2D eigenvalue weighted by Crippen LogP contribution is 2.06. The Labute approximate surface area is 122 Å². The van der Waals surface area contributed by atoms with Crippen molar-refractivity contribution in [2.45, 2.75) is 18.9 Å². The van der Waals surface area contributed by atoms with E-state index in [0.717, 1.165) is 0 Å². The van der Waals surface area contributed by atoms with Gasteiger partial charge in [0, 0.05) is 18.8 Å². The average Bonchev–Trinajstić information content (AvgIpc) is 2.46. The highest BCUT2D eigenvalue weighted by Gasteiger charge is 2.17. The van der Waals surface area contributed by atoms with Crippen molar-refractivity contribution >= 4 is 23.6 Å². The fourth-order valence-electron chi connectivity index (χ4n) is 1.32. The van der Waals surface area contributed by atoms with Crippen molar-refractivity contribution in [2.75, 3.05) is 31.7 Å². The number of esters is 1. The maximum absolute atomic E-state index is 11.9. The summed E-state index contributed by atoms with van der Waals surface area (Å²) in [5.41, 5.74) is 5.54. The molecule has 8 heteroatoms. The van der Waals surface area contributed by atoms with Crippen molar-refractivity contribution in [3.63, 3.8) is 0 Å². The van der Waals surface area contributed by atoms with Crippen LogP contribution in [0.15, 0.2) is 0 Å². The average molecular weight is 298 g/mol. The number of nitrogens with zero attached hydrogens (tertiary/aromatic N) is 3. The molecule has 0 spiro atoms. The molecule has 0 aliphatic heterocycles. The van der Waals surface area contributed by atoms with Crippen molar-refractivity contribution in [2.24, 2.45) is 5.73 Å². The standard InChI is InChI=1S/C12H18N4O3S/c1-19-12(18)10(15)8-20-9-11(17)16(6-2-4-13)7-3-5-14/h10H,2-3,6-9,15H2,1H3. The Kier molecular flexibility index (Phi) is 10.1. The fraction of sp³-hybridized carbons (Fsp3) is 0.667. The van der Waals surface area contributed by atoms with Gasteiger partial charge in [-0.25, -0.2) is 0 Å². The summed E-state index contributed by atoms with van der Waals surface area (Å²) in [6, 6.07) is 3.16. The summed E-state index contributed by atoms with van der Waals surface area (Å²) < 4.78 is 4.48. The molecule has 0 rings (SSSR count). The van der Waals surface area contributed by atoms with E-state index in [1.54, 1.807) is 0 Å². The van der Waals surface area contributed by atoms with Crippen LogP contribution in [0, 0.1) is 22.7 Å². The van der Waals surface area contributed by atoms with Crippen LogP contribution in [0.2, 0.25) is 0 Å². The van der Waals surface area contributed by atoms with Crippen LogP contribution >= 0.6 is 11.8 Å². The Hall–Kier alpha value is -1.77. The van der Waals surface area contributed by atoms with Gasteiger partial charge in [-0.1, -0.05) is 0 Å². The van der Waals surface area contributed by atoms with E-state index in [9.17, 15) is 9.59 Å². The Bertz CT molecular complexity index is 384. The third-order valence-corrected chi connectivity index (χ3v) is 3.41. The molecule has 0 aromatic carbocycles. The van der Waals surface area contributed by atoms with E-state index in [4.69, 9.17) is 16.3 Å². The third-order valence-electron chi connectivity index (χ3n) is 2.37. The maximum atomic E-state index is 11.9. The fourth-order valence-corrected chi connectivity index (χ4v) is 2.18. The van der Waals surface area contributed by atoms with E-state index >= 15 is 0 Å². The molecule has 0 radical (unpaired) electrons. The number of hydrogen-bond donors (Lipinski definition) is 1. The number of carbonyl (C=O) groups is 2. The van der Waals surface area contributed by atoms with Gasteiger partial charge in [-0.05, 0) is 0 Å². The number of nitrogens with two attached hydrogens (primary N) is 1. The van der Waals surface area contributed by atoms with Gasteiger partial charge < -0.3 is 15.4 Å². The molecule has 0 aliphatic carbocycles. The number of thioether (sulfide) groups is 1. The predicted octanol–water partition coefficient (Wildman–Crippen LogP) is -0.124. The summed E-state index contributed by atoms with van der Waals surface area (Å²) in [5, 5.41) is 17.1. The summed E-state index contributed by atoms with van der Waals surface area (Å²) in [5.74, 6) is -0.252. The molecule has 0 aliphatic rings. The zero-order valence-corrected chi connectivity index (χ0v) is 12.2. The summed E-state index contributed by atoms with van der Waals surface area (Å²) in [6.07, 6.45) is 0.451. The van der Waals surface area contributed by atoms with Crippen LogP contribution in [-0.2, 0) is 14.3 Å². The third kappa shape index (κ3) is 7.62. The number of methoxy groups -OCH3 is 1. The Morgan fingerprint density at radius 1 is 1.30 bits per heavy atom. The predicted molar refractivity (Wildman–Crippen MR) is 74.4 cm³/mol. The van der Waals surface area contributed by atoms with Gasteiger partial charge in [0.05, 0.1) is 37.8 Å². The van der Waals surface area contributed by atoms with Crippen LogP contribution in [0.25, 0.3) is 0 Å². The topological polar surface area (TPSA) is 120 Å². The second-order valence-corrected chi connectivity index (χ2v) is 4.87. The molecule has 20 heavy (non-hydrogen) atoms. The molecule has 0 aromatic heterocycles. The minimum absolute atomic E-state index is 0.154. The molecule has 7 nitrogen and oxygen atoms in total. The highest BCUT2D eigenvalue weighted by atomic mass is 32.2. The molecule has 2 N–H and O–H groups in total. The minimum Gasteiger partial charge on any atom is -0.468 e. The molecule has 0 aromatic rings. The van der Waals surface area contributed by atoms with E-state index in [0.29, 0.717) is 13.1 Å². The van der Waals surface area contributed by atoms with Gasteiger partial charge in [0.15, 0.2) is 0 Å². The van der Waals surface area contributed by atoms with Gasteiger partial charge in [-0.2, -0.15) is 10.5 Å². The molecular formula is C12H18N4O3S. The number of amides is 1. The normalized spacial score (nSPS) is 11.0. The number of nitriles is 2. The van der Waals surface area contributed by atoms with E-state index in [1.807, 2.05) is 12.1 Å². The Morgan fingerprint density at radius 2 is 1.85 bits per heavy atom. The molecular weight excluding hydrogens is 280 g/mol. The van der Waals surface area contributed by atoms with Gasteiger partial charge in [0.1, 0.15) is 6.04 Å². The monoisotopic (exact) mass is 298 g/mol. The van der Waals surface area contributed by atoms with Gasteiger partial charge in [0.2, 0.25) is 5.91 Å². The van der Waals surface area contributed by atoms with Crippen molar-refractivity contribution in [3.05, 3.63) is 0 Å². The van der Waals surface area contributed by atoms with Crippen molar-refractivity contribution in [3.8, 4) is 12.1 Å². The lowest BCUT2D eigenvalue weighted by Crippen LogP contribution is -2.36. The molecule has 1 amide bonds. The van der Waals surface area contributed by atoms with E-state index in [-0.39, 0.29) is 30.3 Å². The van der Waals surface area contributed by atoms with E-state index in [1.165, 1.54) is 23.8 Å². The van der Waals surface area contributed by atoms with Gasteiger partial charge in [-0.15, -0.1) is 11.8 Å². The van der Waals surface area contributed by atoms with Crippen molar-refractivity contribution < 1.29 is 14.3 Å². The second-order valence-electron chi connectivity index (χ2n) is 3.84. The van der Waals surface area contributed by atoms with Crippen molar-refractivity contribution in [1.29, 1.82) is 10.5 Å². The van der Waals surface area contributed by atoms with E-state index < -0.39 is 12.0 Å². The van der Waals surface area contributed by atoms with Gasteiger partial charge in [-0.3, -0.25) is 9.59 Å². The molecule has 1 unspecified atom stereocenters. The smallest absolute Gasteiger partial charge is 0.323 e. The Morgan fingerprint density at radius 3 is 2.30 bits per heavy atom.